The zero-order valence-corrected chi connectivity index (χ0v) is 20.7. The fraction of sp³-hybridized carbons (Fsp3) is 0.450. The molecule has 0 aliphatic rings. The van der Waals surface area contributed by atoms with E-state index in [4.69, 9.17) is 4.74 Å². The number of rotatable bonds is 6. The Labute approximate surface area is 193 Å². The lowest BCUT2D eigenvalue weighted by atomic mass is 10.1. The van der Waals surface area contributed by atoms with Gasteiger partial charge < -0.3 is 15.4 Å². The molecule has 3 N–H and O–H groups in total. The second-order valence-corrected chi connectivity index (χ2v) is 8.23. The van der Waals surface area contributed by atoms with Crippen LogP contribution in [-0.2, 0) is 17.7 Å². The van der Waals surface area contributed by atoms with Crippen LogP contribution in [0.3, 0.4) is 0 Å². The molecule has 0 aliphatic heterocycles. The van der Waals surface area contributed by atoms with Gasteiger partial charge in [-0.2, -0.15) is 0 Å². The Kier molecular flexibility index (Phi) is 10.4. The summed E-state index contributed by atoms with van der Waals surface area (Å²) in [7, 11) is 1.76. The summed E-state index contributed by atoms with van der Waals surface area (Å²) >= 11 is 1.64. The van der Waals surface area contributed by atoms with E-state index in [0.29, 0.717) is 12.2 Å². The summed E-state index contributed by atoms with van der Waals surface area (Å²) in [6.07, 6.45) is 0.389. The van der Waals surface area contributed by atoms with Gasteiger partial charge >= 0.3 is 6.09 Å². The first-order valence-corrected chi connectivity index (χ1v) is 10.1. The molecule has 0 spiro atoms. The monoisotopic (exact) mass is 531 g/mol. The molecule has 0 atom stereocenters. The van der Waals surface area contributed by atoms with Crippen molar-refractivity contribution in [3.05, 3.63) is 45.9 Å². The molecule has 0 bridgehead atoms. The minimum Gasteiger partial charge on any atom is -0.444 e. The van der Waals surface area contributed by atoms with Crippen molar-refractivity contribution in [2.24, 2.45) is 4.99 Å². The third-order valence-corrected chi connectivity index (χ3v) is 4.73. The number of hydrogen-bond acceptors (Lipinski definition) is 5. The van der Waals surface area contributed by atoms with Crippen LogP contribution < -0.4 is 16.0 Å². The Hall–Kier alpha value is -1.88. The summed E-state index contributed by atoms with van der Waals surface area (Å²) in [4.78, 5) is 21.5. The number of anilines is 1. The number of amides is 1. The number of aromatic nitrogens is 1. The summed E-state index contributed by atoms with van der Waals surface area (Å²) in [6, 6.07) is 7.73. The molecule has 0 saturated heterocycles. The second-order valence-electron chi connectivity index (χ2n) is 7.29. The molecular weight excluding hydrogens is 501 g/mol. The van der Waals surface area contributed by atoms with Crippen LogP contribution >= 0.6 is 35.3 Å². The first kappa shape index (κ1) is 25.2. The molecular formula is C20H30IN5O2S. The number of guanidine groups is 1. The van der Waals surface area contributed by atoms with Gasteiger partial charge in [0.15, 0.2) is 5.96 Å². The highest BCUT2D eigenvalue weighted by molar-refractivity contribution is 14.0. The molecule has 0 radical (unpaired) electrons. The molecule has 1 amide bonds. The average Bonchev–Trinajstić information content (AvgIpc) is 3.02. The Morgan fingerprint density at radius 2 is 1.90 bits per heavy atom. The predicted molar refractivity (Wildman–Crippen MR) is 130 cm³/mol. The number of hydrogen-bond donors (Lipinski definition) is 3. The molecule has 0 saturated carbocycles. The van der Waals surface area contributed by atoms with Crippen LogP contribution in [-0.4, -0.2) is 36.2 Å². The van der Waals surface area contributed by atoms with Gasteiger partial charge in [0, 0.05) is 24.2 Å². The van der Waals surface area contributed by atoms with Gasteiger partial charge in [-0.15, -0.1) is 35.3 Å². The fourth-order valence-electron chi connectivity index (χ4n) is 2.38. The Bertz CT molecular complexity index is 800. The van der Waals surface area contributed by atoms with Crippen molar-refractivity contribution in [2.45, 2.75) is 46.3 Å². The highest BCUT2D eigenvalue weighted by Crippen LogP contribution is 2.13. The number of halogens is 1. The van der Waals surface area contributed by atoms with E-state index in [1.54, 1.807) is 18.4 Å². The topological polar surface area (TPSA) is 87.6 Å². The fourth-order valence-corrected chi connectivity index (χ4v) is 3.10. The predicted octanol–water partition coefficient (Wildman–Crippen LogP) is 4.32. The van der Waals surface area contributed by atoms with Crippen LogP contribution in [0.1, 0.15) is 36.9 Å². The molecule has 9 heteroatoms. The van der Waals surface area contributed by atoms with Gasteiger partial charge in [-0.05, 0) is 51.8 Å². The first-order valence-electron chi connectivity index (χ1n) is 9.19. The Morgan fingerprint density at radius 1 is 1.21 bits per heavy atom. The van der Waals surface area contributed by atoms with Gasteiger partial charge in [0.05, 0.1) is 17.7 Å². The van der Waals surface area contributed by atoms with Crippen LogP contribution in [0.15, 0.2) is 34.8 Å². The molecule has 0 fully saturated rings. The minimum absolute atomic E-state index is 0. The first-order chi connectivity index (χ1) is 13.3. The van der Waals surface area contributed by atoms with Crippen LogP contribution in [0.5, 0.6) is 0 Å². The summed E-state index contributed by atoms with van der Waals surface area (Å²) in [5.41, 5.74) is 4.26. The van der Waals surface area contributed by atoms with Gasteiger partial charge in [0.25, 0.3) is 0 Å². The number of nitrogens with one attached hydrogen (secondary N) is 3. The van der Waals surface area contributed by atoms with Crippen LogP contribution in [0.4, 0.5) is 10.5 Å². The molecule has 2 aromatic rings. The smallest absolute Gasteiger partial charge is 0.412 e. The van der Waals surface area contributed by atoms with Crippen molar-refractivity contribution < 1.29 is 9.53 Å². The minimum atomic E-state index is -0.513. The molecule has 0 unspecified atom stereocenters. The van der Waals surface area contributed by atoms with Crippen molar-refractivity contribution >= 4 is 53.1 Å². The van der Waals surface area contributed by atoms with E-state index in [1.165, 1.54) is 4.88 Å². The molecule has 0 aliphatic carbocycles. The number of ether oxygens (including phenoxy) is 1. The number of thiazole rings is 1. The zero-order chi connectivity index (χ0) is 20.6. The summed E-state index contributed by atoms with van der Waals surface area (Å²) in [5, 5.41) is 9.34. The summed E-state index contributed by atoms with van der Waals surface area (Å²) in [5.74, 6) is 0.760. The number of benzene rings is 1. The Balaban J connectivity index is 0.00000420. The SMILES string of the molecule is CN=C(NCCc1ccc(NC(=O)OC(C)(C)C)cc1)NCc1scnc1C.I. The standard InChI is InChI=1S/C20H29N5O2S.HI/c1-14-17(28-13-24-14)12-23-18(21-5)22-11-10-15-6-8-16(9-7-15)25-19(26)27-20(2,3)4;/h6-9,13H,10-12H2,1-5H3,(H,25,26)(H2,21,22,23);1H. The van der Waals surface area contributed by atoms with Crippen LogP contribution in [0.2, 0.25) is 0 Å². The molecule has 1 aromatic carbocycles. The average molecular weight is 531 g/mol. The number of carbonyl (C=O) groups is 1. The molecule has 7 nitrogen and oxygen atoms in total. The molecule has 1 aromatic heterocycles. The van der Waals surface area contributed by atoms with Gasteiger partial charge in [-0.1, -0.05) is 12.1 Å². The molecule has 1 heterocycles. The number of nitrogens with zero attached hydrogens (tertiary/aromatic N) is 2. The maximum atomic E-state index is 11.8. The van der Waals surface area contributed by atoms with Crippen molar-refractivity contribution in [1.29, 1.82) is 0 Å². The van der Waals surface area contributed by atoms with E-state index in [-0.39, 0.29) is 24.0 Å². The lowest BCUT2D eigenvalue weighted by Gasteiger charge is -2.19. The normalized spacial score (nSPS) is 11.4. The van der Waals surface area contributed by atoms with Crippen LogP contribution in [0, 0.1) is 6.92 Å². The Morgan fingerprint density at radius 3 is 2.45 bits per heavy atom. The van der Waals surface area contributed by atoms with Gasteiger partial charge in [0.1, 0.15) is 5.60 Å². The van der Waals surface area contributed by atoms with E-state index in [1.807, 2.05) is 57.5 Å². The lowest BCUT2D eigenvalue weighted by Crippen LogP contribution is -2.37. The van der Waals surface area contributed by atoms with E-state index in [0.717, 1.165) is 30.2 Å². The van der Waals surface area contributed by atoms with Crippen molar-refractivity contribution in [1.82, 2.24) is 15.6 Å². The van der Waals surface area contributed by atoms with Gasteiger partial charge in [0.2, 0.25) is 0 Å². The zero-order valence-electron chi connectivity index (χ0n) is 17.5. The van der Waals surface area contributed by atoms with E-state index < -0.39 is 11.7 Å². The van der Waals surface area contributed by atoms with E-state index in [2.05, 4.69) is 25.9 Å². The highest BCUT2D eigenvalue weighted by Gasteiger charge is 2.16. The molecule has 2 rings (SSSR count). The quantitative estimate of drug-likeness (QED) is 0.294. The number of carbonyl (C=O) groups excluding carboxylic acids is 1. The summed E-state index contributed by atoms with van der Waals surface area (Å²) in [6.45, 7) is 8.98. The lowest BCUT2D eigenvalue weighted by molar-refractivity contribution is 0.0636. The number of aryl methyl sites for hydroxylation is 1. The van der Waals surface area contributed by atoms with Gasteiger partial charge in [-0.25, -0.2) is 9.78 Å². The second kappa shape index (κ2) is 12.0. The molecule has 160 valence electrons. The van der Waals surface area contributed by atoms with E-state index >= 15 is 0 Å². The maximum Gasteiger partial charge on any atom is 0.412 e. The van der Waals surface area contributed by atoms with Crippen molar-refractivity contribution in [3.8, 4) is 0 Å². The van der Waals surface area contributed by atoms with E-state index in [9.17, 15) is 4.79 Å². The third-order valence-electron chi connectivity index (χ3n) is 3.79. The van der Waals surface area contributed by atoms with Crippen LogP contribution in [0.25, 0.3) is 0 Å². The molecule has 29 heavy (non-hydrogen) atoms. The maximum absolute atomic E-state index is 11.8. The largest absolute Gasteiger partial charge is 0.444 e. The van der Waals surface area contributed by atoms with Crippen molar-refractivity contribution in [2.75, 3.05) is 18.9 Å². The third kappa shape index (κ3) is 9.44. The number of aliphatic imine (C=N–C) groups is 1. The van der Waals surface area contributed by atoms with Gasteiger partial charge in [-0.3, -0.25) is 10.3 Å². The van der Waals surface area contributed by atoms with Crippen molar-refractivity contribution in [3.63, 3.8) is 0 Å². The highest BCUT2D eigenvalue weighted by atomic mass is 127. The summed E-state index contributed by atoms with van der Waals surface area (Å²) < 4.78 is 5.25.